The number of aliphatic carboxylic acids is 1. The number of nitrogens with one attached hydrogen (secondary N) is 1. The molecule has 0 spiro atoms. The molecule has 1 amide bonds. The standard InChI is InChI=1S/C15H17NO3/c17-14(16-10-11-6-2-1-3-7-11)12-8-4-5-9-13(12)15(18)19/h1-7,12-13H,8-10H2,(H,16,17)(H,18,19)/t12-,13+/m0/s1. The van der Waals surface area contributed by atoms with Crippen LogP contribution in [0.5, 0.6) is 0 Å². The van der Waals surface area contributed by atoms with Gasteiger partial charge >= 0.3 is 5.97 Å². The second kappa shape index (κ2) is 6.18. The molecule has 1 aliphatic carbocycles. The highest BCUT2D eigenvalue weighted by molar-refractivity contribution is 5.85. The predicted molar refractivity (Wildman–Crippen MR) is 71.3 cm³/mol. The average molecular weight is 259 g/mol. The summed E-state index contributed by atoms with van der Waals surface area (Å²) in [6.45, 7) is 0.437. The van der Waals surface area contributed by atoms with E-state index in [-0.39, 0.29) is 5.91 Å². The molecule has 1 aromatic carbocycles. The first-order chi connectivity index (χ1) is 9.18. The molecule has 4 heteroatoms. The minimum absolute atomic E-state index is 0.180. The quantitative estimate of drug-likeness (QED) is 0.812. The Morgan fingerprint density at radius 1 is 1.11 bits per heavy atom. The van der Waals surface area contributed by atoms with E-state index in [0.717, 1.165) is 5.56 Å². The van der Waals surface area contributed by atoms with Crippen LogP contribution in [0, 0.1) is 11.8 Å². The van der Waals surface area contributed by atoms with Crippen molar-refractivity contribution in [3.63, 3.8) is 0 Å². The van der Waals surface area contributed by atoms with Crippen LogP contribution in [0.25, 0.3) is 0 Å². The highest BCUT2D eigenvalue weighted by atomic mass is 16.4. The van der Waals surface area contributed by atoms with Gasteiger partial charge in [-0.1, -0.05) is 42.5 Å². The van der Waals surface area contributed by atoms with Crippen molar-refractivity contribution in [1.82, 2.24) is 5.32 Å². The summed E-state index contributed by atoms with van der Waals surface area (Å²) < 4.78 is 0. The number of carboxylic acid groups (broad SMARTS) is 1. The molecular formula is C15H17NO3. The van der Waals surface area contributed by atoms with E-state index in [0.29, 0.717) is 19.4 Å². The molecule has 0 fully saturated rings. The summed E-state index contributed by atoms with van der Waals surface area (Å²) in [6, 6.07) is 9.58. The Kier molecular flexibility index (Phi) is 4.34. The van der Waals surface area contributed by atoms with E-state index in [9.17, 15) is 9.59 Å². The van der Waals surface area contributed by atoms with E-state index in [4.69, 9.17) is 5.11 Å². The molecule has 0 heterocycles. The Hall–Kier alpha value is -2.10. The molecule has 2 N–H and O–H groups in total. The smallest absolute Gasteiger partial charge is 0.307 e. The third-order valence-corrected chi connectivity index (χ3v) is 3.40. The summed E-state index contributed by atoms with van der Waals surface area (Å²) >= 11 is 0. The van der Waals surface area contributed by atoms with E-state index in [1.807, 2.05) is 42.5 Å². The first-order valence-corrected chi connectivity index (χ1v) is 6.38. The number of rotatable bonds is 4. The Morgan fingerprint density at radius 3 is 2.37 bits per heavy atom. The Bertz CT molecular complexity index is 481. The van der Waals surface area contributed by atoms with Crippen LogP contribution in [0.2, 0.25) is 0 Å². The average Bonchev–Trinajstić information content (AvgIpc) is 2.46. The van der Waals surface area contributed by atoms with Crippen molar-refractivity contribution in [3.8, 4) is 0 Å². The van der Waals surface area contributed by atoms with Crippen LogP contribution in [0.1, 0.15) is 18.4 Å². The highest BCUT2D eigenvalue weighted by Crippen LogP contribution is 2.26. The molecule has 0 bridgehead atoms. The van der Waals surface area contributed by atoms with Crippen LogP contribution in [-0.4, -0.2) is 17.0 Å². The molecule has 0 saturated carbocycles. The summed E-state index contributed by atoms with van der Waals surface area (Å²) in [7, 11) is 0. The zero-order chi connectivity index (χ0) is 13.7. The minimum Gasteiger partial charge on any atom is -0.481 e. The number of hydrogen-bond donors (Lipinski definition) is 2. The number of carbonyl (C=O) groups excluding carboxylic acids is 1. The zero-order valence-electron chi connectivity index (χ0n) is 10.6. The summed E-state index contributed by atoms with van der Waals surface area (Å²) in [4.78, 5) is 23.2. The lowest BCUT2D eigenvalue weighted by molar-refractivity contribution is -0.147. The number of carboxylic acids is 1. The van der Waals surface area contributed by atoms with E-state index in [1.54, 1.807) is 0 Å². The van der Waals surface area contributed by atoms with Crippen LogP contribution in [0.4, 0.5) is 0 Å². The molecule has 4 nitrogen and oxygen atoms in total. The lowest BCUT2D eigenvalue weighted by Crippen LogP contribution is -2.38. The normalized spacial score (nSPS) is 21.9. The number of allylic oxidation sites excluding steroid dienone is 2. The molecule has 0 radical (unpaired) electrons. The topological polar surface area (TPSA) is 66.4 Å². The summed E-state index contributed by atoms with van der Waals surface area (Å²) in [5, 5.41) is 11.9. The van der Waals surface area contributed by atoms with Crippen molar-refractivity contribution in [2.75, 3.05) is 0 Å². The third-order valence-electron chi connectivity index (χ3n) is 3.40. The number of hydrogen-bond acceptors (Lipinski definition) is 2. The van der Waals surface area contributed by atoms with Crippen LogP contribution in [0.3, 0.4) is 0 Å². The lowest BCUT2D eigenvalue weighted by Gasteiger charge is -2.24. The Balaban J connectivity index is 1.95. The molecule has 19 heavy (non-hydrogen) atoms. The Labute approximate surface area is 112 Å². The first-order valence-electron chi connectivity index (χ1n) is 6.38. The van der Waals surface area contributed by atoms with Gasteiger partial charge in [0.15, 0.2) is 0 Å². The summed E-state index contributed by atoms with van der Waals surface area (Å²) in [5.41, 5.74) is 1.01. The Morgan fingerprint density at radius 2 is 1.74 bits per heavy atom. The fraction of sp³-hybridized carbons (Fsp3) is 0.333. The van der Waals surface area contributed by atoms with Gasteiger partial charge in [0, 0.05) is 6.54 Å². The monoisotopic (exact) mass is 259 g/mol. The SMILES string of the molecule is O=C(NCc1ccccc1)[C@H]1CC=CC[C@H]1C(=O)O. The number of carbonyl (C=O) groups is 2. The van der Waals surface area contributed by atoms with Gasteiger partial charge in [-0.25, -0.2) is 0 Å². The van der Waals surface area contributed by atoms with Gasteiger partial charge < -0.3 is 10.4 Å². The molecule has 0 saturated heterocycles. The van der Waals surface area contributed by atoms with Gasteiger partial charge in [-0.2, -0.15) is 0 Å². The molecule has 1 aromatic rings. The predicted octanol–water partition coefficient (Wildman–Crippen LogP) is 1.97. The minimum atomic E-state index is -0.899. The van der Waals surface area contributed by atoms with Gasteiger partial charge in [0.1, 0.15) is 0 Å². The van der Waals surface area contributed by atoms with Crippen LogP contribution < -0.4 is 5.32 Å². The van der Waals surface area contributed by atoms with Gasteiger partial charge in [0.2, 0.25) is 5.91 Å². The van der Waals surface area contributed by atoms with Crippen molar-refractivity contribution >= 4 is 11.9 Å². The van der Waals surface area contributed by atoms with Gasteiger partial charge in [0.25, 0.3) is 0 Å². The molecule has 2 atom stereocenters. The van der Waals surface area contributed by atoms with E-state index >= 15 is 0 Å². The van der Waals surface area contributed by atoms with Gasteiger partial charge in [-0.3, -0.25) is 9.59 Å². The second-order valence-electron chi connectivity index (χ2n) is 4.70. The van der Waals surface area contributed by atoms with Gasteiger partial charge in [-0.15, -0.1) is 0 Å². The number of benzene rings is 1. The lowest BCUT2D eigenvalue weighted by atomic mass is 9.82. The van der Waals surface area contributed by atoms with Gasteiger partial charge in [-0.05, 0) is 18.4 Å². The fourth-order valence-corrected chi connectivity index (χ4v) is 2.29. The van der Waals surface area contributed by atoms with Crippen molar-refractivity contribution < 1.29 is 14.7 Å². The number of amides is 1. The third kappa shape index (κ3) is 3.44. The van der Waals surface area contributed by atoms with Crippen LogP contribution in [0.15, 0.2) is 42.5 Å². The van der Waals surface area contributed by atoms with Crippen LogP contribution >= 0.6 is 0 Å². The first kappa shape index (κ1) is 13.3. The molecule has 0 aromatic heterocycles. The van der Waals surface area contributed by atoms with Crippen molar-refractivity contribution in [2.24, 2.45) is 11.8 Å². The highest BCUT2D eigenvalue weighted by Gasteiger charge is 2.33. The molecule has 100 valence electrons. The molecule has 2 rings (SSSR count). The van der Waals surface area contributed by atoms with Crippen molar-refractivity contribution in [3.05, 3.63) is 48.0 Å². The zero-order valence-corrected chi connectivity index (χ0v) is 10.6. The van der Waals surface area contributed by atoms with Gasteiger partial charge in [0.05, 0.1) is 11.8 Å². The largest absolute Gasteiger partial charge is 0.481 e. The van der Waals surface area contributed by atoms with E-state index in [2.05, 4.69) is 5.32 Å². The van der Waals surface area contributed by atoms with Crippen LogP contribution in [-0.2, 0) is 16.1 Å². The fourth-order valence-electron chi connectivity index (χ4n) is 2.29. The van der Waals surface area contributed by atoms with Crippen molar-refractivity contribution in [2.45, 2.75) is 19.4 Å². The summed E-state index contributed by atoms with van der Waals surface area (Å²) in [6.07, 6.45) is 4.64. The summed E-state index contributed by atoms with van der Waals surface area (Å²) in [5.74, 6) is -2.16. The maximum Gasteiger partial charge on any atom is 0.307 e. The molecule has 0 aliphatic heterocycles. The molecule has 1 aliphatic rings. The maximum absolute atomic E-state index is 12.1. The second-order valence-corrected chi connectivity index (χ2v) is 4.70. The van der Waals surface area contributed by atoms with E-state index in [1.165, 1.54) is 0 Å². The van der Waals surface area contributed by atoms with Crippen molar-refractivity contribution in [1.29, 1.82) is 0 Å². The molecular weight excluding hydrogens is 242 g/mol. The molecule has 0 unspecified atom stereocenters. The maximum atomic E-state index is 12.1. The van der Waals surface area contributed by atoms with E-state index < -0.39 is 17.8 Å².